The van der Waals surface area contributed by atoms with Crippen LogP contribution in [-0.4, -0.2) is 159 Å². The fourth-order valence-electron chi connectivity index (χ4n) is 6.33. The molecule has 2 aromatic rings. The number of aliphatic hydroxyl groups is 10. The van der Waals surface area contributed by atoms with E-state index in [-0.39, 0.29) is 36.0 Å². The van der Waals surface area contributed by atoms with Gasteiger partial charge in [0.15, 0.2) is 23.0 Å². The molecule has 13 atom stereocenters. The second-order valence-corrected chi connectivity index (χ2v) is 12.3. The number of methoxy groups -OCH3 is 2. The first-order valence-corrected chi connectivity index (χ1v) is 15.6. The van der Waals surface area contributed by atoms with Gasteiger partial charge in [-0.25, -0.2) is 0 Å². The fraction of sp³-hybridized carbons (Fsp3) is 0.625. The molecule has 3 fully saturated rings. The Kier molecular flexibility index (Phi) is 11.9. The quantitative estimate of drug-likeness (QED) is 0.104. The molecule has 0 saturated carbocycles. The van der Waals surface area contributed by atoms with Crippen LogP contribution in [0.2, 0.25) is 0 Å². The highest BCUT2D eigenvalue weighted by Crippen LogP contribution is 2.45. The van der Waals surface area contributed by atoms with E-state index in [1.54, 1.807) is 24.3 Å². The first-order valence-electron chi connectivity index (χ1n) is 15.6. The van der Waals surface area contributed by atoms with Gasteiger partial charge in [-0.15, -0.1) is 0 Å². The minimum Gasteiger partial charge on any atom is -0.493 e. The zero-order chi connectivity index (χ0) is 35.6. The van der Waals surface area contributed by atoms with Crippen LogP contribution in [0.4, 0.5) is 0 Å². The van der Waals surface area contributed by atoms with Crippen molar-refractivity contribution in [2.24, 2.45) is 5.92 Å². The highest BCUT2D eigenvalue weighted by molar-refractivity contribution is 5.45. The average Bonchev–Trinajstić information content (AvgIpc) is 3.44. The van der Waals surface area contributed by atoms with Crippen LogP contribution in [0.3, 0.4) is 0 Å². The van der Waals surface area contributed by atoms with Crippen molar-refractivity contribution in [2.75, 3.05) is 40.6 Å². The van der Waals surface area contributed by atoms with E-state index in [0.29, 0.717) is 11.1 Å². The van der Waals surface area contributed by atoms with Gasteiger partial charge in [0, 0.05) is 12.3 Å². The van der Waals surface area contributed by atoms with E-state index in [1.165, 1.54) is 26.4 Å². The van der Waals surface area contributed by atoms with Crippen molar-refractivity contribution < 1.29 is 84.2 Å². The molecule has 3 unspecified atom stereocenters. The van der Waals surface area contributed by atoms with Crippen LogP contribution in [0.15, 0.2) is 36.4 Å². The molecule has 3 aliphatic rings. The van der Waals surface area contributed by atoms with Crippen LogP contribution in [0, 0.1) is 5.92 Å². The maximum Gasteiger partial charge on any atom is 0.229 e. The Morgan fingerprint density at radius 1 is 0.653 bits per heavy atom. The minimum absolute atomic E-state index is 0.0147. The molecule has 17 nitrogen and oxygen atoms in total. The summed E-state index contributed by atoms with van der Waals surface area (Å²) in [6.07, 6.45) is -15.6. The largest absolute Gasteiger partial charge is 0.493 e. The average molecular weight is 701 g/mol. The highest BCUT2D eigenvalue weighted by atomic mass is 16.7. The molecule has 10 N–H and O–H groups in total. The second-order valence-electron chi connectivity index (χ2n) is 12.3. The number of ether oxygens (including phenoxy) is 7. The molecular weight excluding hydrogens is 656 g/mol. The molecule has 0 aliphatic carbocycles. The molecule has 0 aromatic heterocycles. The third-order valence-electron chi connectivity index (χ3n) is 9.20. The summed E-state index contributed by atoms with van der Waals surface area (Å²) in [5, 5.41) is 102. The fourth-order valence-corrected chi connectivity index (χ4v) is 6.33. The van der Waals surface area contributed by atoms with Gasteiger partial charge in [0.05, 0.1) is 52.4 Å². The molecule has 0 radical (unpaired) electrons. The third-order valence-corrected chi connectivity index (χ3v) is 9.20. The molecule has 3 aliphatic heterocycles. The summed E-state index contributed by atoms with van der Waals surface area (Å²) >= 11 is 0. The second kappa shape index (κ2) is 15.6. The van der Waals surface area contributed by atoms with Crippen molar-refractivity contribution >= 4 is 0 Å². The van der Waals surface area contributed by atoms with E-state index >= 15 is 0 Å². The maximum atomic E-state index is 11.7. The smallest absolute Gasteiger partial charge is 0.229 e. The topological polar surface area (TPSA) is 267 Å². The normalized spacial score (nSPS) is 37.9. The lowest BCUT2D eigenvalue weighted by molar-refractivity contribution is -0.277. The number of aliphatic hydroxyl groups excluding tert-OH is 9. The van der Waals surface area contributed by atoms with Crippen molar-refractivity contribution in [1.29, 1.82) is 0 Å². The van der Waals surface area contributed by atoms with Crippen LogP contribution < -0.4 is 18.9 Å². The predicted octanol–water partition coefficient (Wildman–Crippen LogP) is -3.29. The van der Waals surface area contributed by atoms with Gasteiger partial charge in [-0.05, 0) is 35.4 Å². The molecule has 17 heteroatoms. The van der Waals surface area contributed by atoms with E-state index in [4.69, 9.17) is 33.2 Å². The van der Waals surface area contributed by atoms with E-state index in [0.717, 1.165) is 0 Å². The van der Waals surface area contributed by atoms with Crippen molar-refractivity contribution in [3.8, 4) is 23.0 Å². The Morgan fingerprint density at radius 2 is 1.16 bits per heavy atom. The summed E-state index contributed by atoms with van der Waals surface area (Å²) in [5.74, 6) is -0.244. The zero-order valence-electron chi connectivity index (χ0n) is 26.8. The lowest BCUT2D eigenvalue weighted by atomic mass is 9.80. The van der Waals surface area contributed by atoms with Crippen LogP contribution in [0.5, 0.6) is 23.0 Å². The van der Waals surface area contributed by atoms with E-state index in [1.807, 2.05) is 0 Å². The molecule has 3 heterocycles. The van der Waals surface area contributed by atoms with Gasteiger partial charge >= 0.3 is 0 Å². The molecular formula is C32H44O17. The summed E-state index contributed by atoms with van der Waals surface area (Å²) in [6, 6.07) is 9.36. The minimum atomic E-state index is -1.64. The summed E-state index contributed by atoms with van der Waals surface area (Å²) in [5.41, 5.74) is -0.457. The zero-order valence-corrected chi connectivity index (χ0v) is 26.8. The van der Waals surface area contributed by atoms with E-state index in [2.05, 4.69) is 0 Å². The number of hydrogen-bond donors (Lipinski definition) is 10. The molecule has 0 bridgehead atoms. The summed E-state index contributed by atoms with van der Waals surface area (Å²) in [7, 11) is 2.74. The molecule has 0 spiro atoms. The van der Waals surface area contributed by atoms with Crippen LogP contribution in [-0.2, 0) is 20.6 Å². The molecule has 274 valence electrons. The van der Waals surface area contributed by atoms with Gasteiger partial charge in [-0.2, -0.15) is 0 Å². The first-order chi connectivity index (χ1) is 23.4. The van der Waals surface area contributed by atoms with Crippen LogP contribution in [0.25, 0.3) is 0 Å². The SMILES string of the molecule is COc1cc(CC2(O)COC(c3ccc(O[C@@H]4O[C@H](CO)[C@@H](O)[C@H](O)[C@H]4O)c(OC)c3)C2CO)ccc1O[C@@H]1O[C@H](CO)[C@@H](O)[C@H](O)[C@H]1O. The Labute approximate surface area is 281 Å². The van der Waals surface area contributed by atoms with Crippen LogP contribution >= 0.6 is 0 Å². The van der Waals surface area contributed by atoms with Gasteiger partial charge in [0.1, 0.15) is 48.8 Å². The number of hydrogen-bond acceptors (Lipinski definition) is 17. The molecule has 2 aromatic carbocycles. The third kappa shape index (κ3) is 7.45. The van der Waals surface area contributed by atoms with Crippen molar-refractivity contribution in [3.63, 3.8) is 0 Å². The first kappa shape index (κ1) is 37.4. The van der Waals surface area contributed by atoms with E-state index < -0.39 is 98.9 Å². The standard InChI is InChI=1S/C32H44O17/c1-43-19-7-14(3-5-17(19)46-30-27(40)25(38)23(36)21(11-34)48-30)9-32(42)13-45-29(16(32)10-33)15-4-6-18(20(8-15)44-2)47-31-28(41)26(39)24(37)22(12-35)49-31/h3-8,16,21-31,33-42H,9-13H2,1-2H3/t16?,21-,22-,23-,24-,25+,26+,27-,28-,29?,30-,31-,32?/m1/s1. The van der Waals surface area contributed by atoms with Crippen molar-refractivity contribution in [3.05, 3.63) is 47.5 Å². The summed E-state index contributed by atoms with van der Waals surface area (Å²) < 4.78 is 39.2. The predicted molar refractivity (Wildman–Crippen MR) is 163 cm³/mol. The van der Waals surface area contributed by atoms with Gasteiger partial charge in [-0.1, -0.05) is 12.1 Å². The van der Waals surface area contributed by atoms with Crippen LogP contribution in [0.1, 0.15) is 17.2 Å². The van der Waals surface area contributed by atoms with Gasteiger partial charge in [0.2, 0.25) is 12.6 Å². The van der Waals surface area contributed by atoms with E-state index in [9.17, 15) is 51.1 Å². The molecule has 49 heavy (non-hydrogen) atoms. The highest BCUT2D eigenvalue weighted by Gasteiger charge is 2.50. The Hall–Kier alpha value is -2.88. The monoisotopic (exact) mass is 700 g/mol. The number of benzene rings is 2. The summed E-state index contributed by atoms with van der Waals surface area (Å²) in [6.45, 7) is -1.86. The Balaban J connectivity index is 1.30. The molecule has 5 rings (SSSR count). The molecule has 3 saturated heterocycles. The Morgan fingerprint density at radius 3 is 1.65 bits per heavy atom. The Bertz CT molecular complexity index is 1390. The van der Waals surface area contributed by atoms with Crippen molar-refractivity contribution in [1.82, 2.24) is 0 Å². The van der Waals surface area contributed by atoms with Crippen molar-refractivity contribution in [2.45, 2.75) is 79.5 Å². The van der Waals surface area contributed by atoms with Gasteiger partial charge in [0.25, 0.3) is 0 Å². The lowest BCUT2D eigenvalue weighted by Gasteiger charge is -2.39. The van der Waals surface area contributed by atoms with Gasteiger partial charge < -0.3 is 84.2 Å². The molecule has 0 amide bonds. The maximum absolute atomic E-state index is 11.7. The number of rotatable bonds is 12. The summed E-state index contributed by atoms with van der Waals surface area (Å²) in [4.78, 5) is 0. The lowest BCUT2D eigenvalue weighted by Crippen LogP contribution is -2.60. The van der Waals surface area contributed by atoms with Gasteiger partial charge in [-0.3, -0.25) is 0 Å².